The predicted octanol–water partition coefficient (Wildman–Crippen LogP) is 4.16. The van der Waals surface area contributed by atoms with Gasteiger partial charge in [0.15, 0.2) is 5.16 Å². The van der Waals surface area contributed by atoms with E-state index in [9.17, 15) is 9.59 Å². The first-order valence-electron chi connectivity index (χ1n) is 9.21. The Morgan fingerprint density at radius 2 is 2.11 bits per heavy atom. The highest BCUT2D eigenvalue weighted by atomic mass is 32.2. The molecule has 0 fully saturated rings. The largest absolute Gasteiger partial charge is 0.325 e. The number of fused-ring (bicyclic) bond motifs is 3. The van der Waals surface area contributed by atoms with Crippen LogP contribution in [0.15, 0.2) is 34.2 Å². The minimum Gasteiger partial charge on any atom is -0.325 e. The van der Waals surface area contributed by atoms with Gasteiger partial charge in [-0.15, -0.1) is 11.3 Å². The van der Waals surface area contributed by atoms with Crippen LogP contribution < -0.4 is 10.9 Å². The Labute approximate surface area is 165 Å². The highest BCUT2D eigenvalue weighted by Crippen LogP contribution is 2.34. The number of para-hydroxylation sites is 1. The van der Waals surface area contributed by atoms with Crippen LogP contribution in [0.25, 0.3) is 10.2 Å². The summed E-state index contributed by atoms with van der Waals surface area (Å²) in [5.74, 6) is 0.103. The van der Waals surface area contributed by atoms with Gasteiger partial charge in [0.25, 0.3) is 5.56 Å². The maximum atomic E-state index is 12.5. The summed E-state index contributed by atoms with van der Waals surface area (Å²) < 4.78 is 0. The summed E-state index contributed by atoms with van der Waals surface area (Å²) in [5.41, 5.74) is 3.04. The molecule has 0 aliphatic heterocycles. The summed E-state index contributed by atoms with van der Waals surface area (Å²) in [6, 6.07) is 7.79. The number of amides is 1. The van der Waals surface area contributed by atoms with Crippen LogP contribution in [-0.2, 0) is 24.1 Å². The second-order valence-electron chi connectivity index (χ2n) is 6.61. The molecule has 3 aromatic rings. The Bertz CT molecular complexity index is 1060. The Hall–Kier alpha value is -2.12. The predicted molar refractivity (Wildman–Crippen MR) is 112 cm³/mol. The van der Waals surface area contributed by atoms with Gasteiger partial charge in [-0.25, -0.2) is 4.98 Å². The van der Waals surface area contributed by atoms with E-state index in [1.807, 2.05) is 24.3 Å². The van der Waals surface area contributed by atoms with Crippen LogP contribution in [0.3, 0.4) is 0 Å². The smallest absolute Gasteiger partial charge is 0.260 e. The molecule has 0 saturated heterocycles. The van der Waals surface area contributed by atoms with Gasteiger partial charge in [-0.2, -0.15) is 0 Å². The summed E-state index contributed by atoms with van der Waals surface area (Å²) in [6.45, 7) is 2.06. The highest BCUT2D eigenvalue weighted by molar-refractivity contribution is 7.99. The fraction of sp³-hybridized carbons (Fsp3) is 0.350. The number of rotatable bonds is 5. The third kappa shape index (κ3) is 3.80. The summed E-state index contributed by atoms with van der Waals surface area (Å²) in [5, 5.41) is 4.20. The van der Waals surface area contributed by atoms with E-state index in [0.717, 1.165) is 47.2 Å². The van der Waals surface area contributed by atoms with Crippen LogP contribution in [0.5, 0.6) is 0 Å². The zero-order chi connectivity index (χ0) is 18.8. The Kier molecular flexibility index (Phi) is 5.31. The zero-order valence-electron chi connectivity index (χ0n) is 15.1. The second-order valence-corrected chi connectivity index (χ2v) is 8.66. The number of carbonyl (C=O) groups excluding carboxylic acids is 1. The summed E-state index contributed by atoms with van der Waals surface area (Å²) in [7, 11) is 0. The molecule has 2 N–H and O–H groups in total. The van der Waals surface area contributed by atoms with Crippen LogP contribution in [-0.4, -0.2) is 21.6 Å². The third-order valence-electron chi connectivity index (χ3n) is 4.82. The number of aromatic nitrogens is 2. The van der Waals surface area contributed by atoms with Crippen LogP contribution in [0.1, 0.15) is 35.8 Å². The Morgan fingerprint density at radius 1 is 1.30 bits per heavy atom. The molecule has 2 heterocycles. The molecule has 1 amide bonds. The van der Waals surface area contributed by atoms with Gasteiger partial charge in [-0.05, 0) is 49.3 Å². The van der Waals surface area contributed by atoms with Gasteiger partial charge in [-0.3, -0.25) is 9.59 Å². The number of thioether (sulfide) groups is 1. The SMILES string of the molecule is CCc1ccccc1NC(=O)CSc1nc2sc3c(c2c(=O)[nH]1)CCCC3. The number of benzene rings is 1. The van der Waals surface area contributed by atoms with Gasteiger partial charge in [0.1, 0.15) is 4.83 Å². The van der Waals surface area contributed by atoms with E-state index in [-0.39, 0.29) is 17.2 Å². The van der Waals surface area contributed by atoms with Crippen LogP contribution in [0.2, 0.25) is 0 Å². The van der Waals surface area contributed by atoms with Crippen LogP contribution >= 0.6 is 23.1 Å². The van der Waals surface area contributed by atoms with Gasteiger partial charge >= 0.3 is 0 Å². The van der Waals surface area contributed by atoms with E-state index >= 15 is 0 Å². The molecule has 0 atom stereocenters. The molecule has 5 nitrogen and oxygen atoms in total. The second kappa shape index (κ2) is 7.86. The molecule has 0 saturated carbocycles. The molecule has 0 spiro atoms. The van der Waals surface area contributed by atoms with E-state index in [0.29, 0.717) is 5.16 Å². The van der Waals surface area contributed by atoms with E-state index in [1.165, 1.54) is 28.6 Å². The molecular formula is C20H21N3O2S2. The zero-order valence-corrected chi connectivity index (χ0v) is 16.8. The van der Waals surface area contributed by atoms with Crippen molar-refractivity contribution in [2.75, 3.05) is 11.1 Å². The van der Waals surface area contributed by atoms with E-state index < -0.39 is 0 Å². The molecule has 140 valence electrons. The van der Waals surface area contributed by atoms with Crippen molar-refractivity contribution in [1.82, 2.24) is 9.97 Å². The van der Waals surface area contributed by atoms with Crippen molar-refractivity contribution < 1.29 is 4.79 Å². The van der Waals surface area contributed by atoms with E-state index in [2.05, 4.69) is 22.2 Å². The lowest BCUT2D eigenvalue weighted by Crippen LogP contribution is -2.16. The van der Waals surface area contributed by atoms with Crippen LogP contribution in [0, 0.1) is 0 Å². The molecule has 1 aliphatic carbocycles. The molecule has 0 bridgehead atoms. The number of thiophene rings is 1. The third-order valence-corrected chi connectivity index (χ3v) is 6.87. The topological polar surface area (TPSA) is 74.8 Å². The molecule has 0 unspecified atom stereocenters. The van der Waals surface area contributed by atoms with E-state index in [4.69, 9.17) is 0 Å². The number of H-pyrrole nitrogens is 1. The first kappa shape index (κ1) is 18.3. The Balaban J connectivity index is 1.49. The van der Waals surface area contributed by atoms with Crippen molar-refractivity contribution in [3.63, 3.8) is 0 Å². The monoisotopic (exact) mass is 399 g/mol. The number of nitrogens with one attached hydrogen (secondary N) is 2. The summed E-state index contributed by atoms with van der Waals surface area (Å²) in [6.07, 6.45) is 5.18. The molecule has 27 heavy (non-hydrogen) atoms. The Morgan fingerprint density at radius 3 is 2.96 bits per heavy atom. The minimum absolute atomic E-state index is 0.0846. The normalized spacial score (nSPS) is 13.5. The first-order chi connectivity index (χ1) is 13.2. The summed E-state index contributed by atoms with van der Waals surface area (Å²) >= 11 is 2.89. The lowest BCUT2D eigenvalue weighted by Gasteiger charge is -2.10. The molecule has 7 heteroatoms. The average molecular weight is 400 g/mol. The lowest BCUT2D eigenvalue weighted by molar-refractivity contribution is -0.113. The number of hydrogen-bond acceptors (Lipinski definition) is 5. The number of aromatic amines is 1. The molecule has 0 radical (unpaired) electrons. The van der Waals surface area contributed by atoms with Crippen molar-refractivity contribution in [2.45, 2.75) is 44.2 Å². The molecule has 2 aromatic heterocycles. The average Bonchev–Trinajstić information content (AvgIpc) is 3.05. The van der Waals surface area contributed by atoms with Gasteiger partial charge < -0.3 is 10.3 Å². The van der Waals surface area contributed by atoms with Crippen LogP contribution in [0.4, 0.5) is 5.69 Å². The molecule has 1 aliphatic rings. The van der Waals surface area contributed by atoms with Crippen molar-refractivity contribution in [3.8, 4) is 0 Å². The van der Waals surface area contributed by atoms with Crippen molar-refractivity contribution in [1.29, 1.82) is 0 Å². The number of carbonyl (C=O) groups is 1. The minimum atomic E-state index is -0.103. The lowest BCUT2D eigenvalue weighted by atomic mass is 9.97. The van der Waals surface area contributed by atoms with Gasteiger partial charge in [0.05, 0.1) is 11.1 Å². The van der Waals surface area contributed by atoms with Crippen molar-refractivity contribution in [2.24, 2.45) is 0 Å². The number of anilines is 1. The fourth-order valence-electron chi connectivity index (χ4n) is 3.48. The molecule has 1 aromatic carbocycles. The number of nitrogens with zero attached hydrogens (tertiary/aromatic N) is 1. The van der Waals surface area contributed by atoms with Gasteiger partial charge in [0, 0.05) is 10.6 Å². The van der Waals surface area contributed by atoms with Crippen molar-refractivity contribution >= 4 is 44.9 Å². The number of aryl methyl sites for hydroxylation is 3. The van der Waals surface area contributed by atoms with Gasteiger partial charge in [-0.1, -0.05) is 36.9 Å². The quantitative estimate of drug-likeness (QED) is 0.499. The van der Waals surface area contributed by atoms with E-state index in [1.54, 1.807) is 11.3 Å². The first-order valence-corrected chi connectivity index (χ1v) is 11.0. The van der Waals surface area contributed by atoms with Crippen molar-refractivity contribution in [3.05, 3.63) is 50.6 Å². The maximum Gasteiger partial charge on any atom is 0.260 e. The molecule has 4 rings (SSSR count). The highest BCUT2D eigenvalue weighted by Gasteiger charge is 2.20. The molecular weight excluding hydrogens is 378 g/mol. The standard InChI is InChI=1S/C20H21N3O2S2/c1-2-12-7-3-5-9-14(12)21-16(24)11-26-20-22-18(25)17-13-8-4-6-10-15(13)27-19(17)23-20/h3,5,7,9H,2,4,6,8,10-11H2,1H3,(H,21,24)(H,22,23,25). The summed E-state index contributed by atoms with van der Waals surface area (Å²) in [4.78, 5) is 34.4. The van der Waals surface area contributed by atoms with Gasteiger partial charge in [0.2, 0.25) is 5.91 Å². The fourth-order valence-corrected chi connectivity index (χ4v) is 5.46. The maximum absolute atomic E-state index is 12.5. The number of hydrogen-bond donors (Lipinski definition) is 2.